The zero-order chi connectivity index (χ0) is 18.3. The maximum atomic E-state index is 11.8. The summed E-state index contributed by atoms with van der Waals surface area (Å²) < 4.78 is 26.1. The van der Waals surface area contributed by atoms with Gasteiger partial charge in [0, 0.05) is 6.54 Å². The molecular weight excluding hydrogens is 328 g/mol. The summed E-state index contributed by atoms with van der Waals surface area (Å²) in [6.07, 6.45) is 12.4. The number of carboxylic acids is 1. The molecule has 0 rings (SSSR count). The Morgan fingerprint density at radius 3 is 1.96 bits per heavy atom. The van der Waals surface area contributed by atoms with E-state index in [1.165, 1.54) is 44.9 Å². The molecule has 0 aliphatic rings. The first kappa shape index (κ1) is 23.3. The van der Waals surface area contributed by atoms with Crippen molar-refractivity contribution in [2.75, 3.05) is 12.3 Å². The Morgan fingerprint density at radius 1 is 0.958 bits per heavy atom. The molecule has 1 atom stereocenters. The number of hydrogen-bond donors (Lipinski definition) is 3. The highest BCUT2D eigenvalue weighted by atomic mass is 32.2. The van der Waals surface area contributed by atoms with Crippen molar-refractivity contribution in [3.05, 3.63) is 0 Å². The molecular formula is C17H36N2O4S. The van der Waals surface area contributed by atoms with Crippen LogP contribution < -0.4 is 10.5 Å². The Labute approximate surface area is 147 Å². The zero-order valence-corrected chi connectivity index (χ0v) is 16.0. The van der Waals surface area contributed by atoms with Crippen LogP contribution in [0, 0.1) is 0 Å². The lowest BCUT2D eigenvalue weighted by molar-refractivity contribution is -0.138. The van der Waals surface area contributed by atoms with E-state index in [2.05, 4.69) is 11.6 Å². The minimum absolute atomic E-state index is 0.147. The molecule has 4 N–H and O–H groups in total. The summed E-state index contributed by atoms with van der Waals surface area (Å²) in [5.41, 5.74) is 5.36. The molecule has 6 nitrogen and oxygen atoms in total. The molecule has 0 amide bonds. The molecule has 144 valence electrons. The van der Waals surface area contributed by atoms with Gasteiger partial charge >= 0.3 is 5.97 Å². The summed E-state index contributed by atoms with van der Waals surface area (Å²) >= 11 is 0. The van der Waals surface area contributed by atoms with Crippen molar-refractivity contribution in [3.63, 3.8) is 0 Å². The molecule has 0 heterocycles. The van der Waals surface area contributed by atoms with Crippen LogP contribution >= 0.6 is 0 Å². The van der Waals surface area contributed by atoms with E-state index in [0.29, 0.717) is 12.8 Å². The lowest BCUT2D eigenvalue weighted by Crippen LogP contribution is -2.32. The molecule has 24 heavy (non-hydrogen) atoms. The molecule has 0 fully saturated rings. The number of unbranched alkanes of at least 4 members (excludes halogenated alkanes) is 9. The highest BCUT2D eigenvalue weighted by Crippen LogP contribution is 2.10. The third-order valence-corrected chi connectivity index (χ3v) is 5.57. The second-order valence-corrected chi connectivity index (χ2v) is 8.41. The Hall–Kier alpha value is -0.660. The lowest BCUT2D eigenvalue weighted by Gasteiger charge is -2.08. The highest BCUT2D eigenvalue weighted by molar-refractivity contribution is 7.89. The van der Waals surface area contributed by atoms with Gasteiger partial charge in [0.15, 0.2) is 0 Å². The van der Waals surface area contributed by atoms with Crippen molar-refractivity contribution in [2.24, 2.45) is 5.73 Å². The van der Waals surface area contributed by atoms with E-state index in [9.17, 15) is 13.2 Å². The number of carboxylic acid groups (broad SMARTS) is 1. The van der Waals surface area contributed by atoms with Crippen LogP contribution in [0.25, 0.3) is 0 Å². The normalized spacial score (nSPS) is 13.1. The van der Waals surface area contributed by atoms with Gasteiger partial charge in [0.2, 0.25) is 10.0 Å². The van der Waals surface area contributed by atoms with Crippen LogP contribution in [0.2, 0.25) is 0 Å². The van der Waals surface area contributed by atoms with Gasteiger partial charge in [-0.15, -0.1) is 0 Å². The fourth-order valence-electron chi connectivity index (χ4n) is 2.52. The molecule has 0 aromatic rings. The van der Waals surface area contributed by atoms with Crippen LogP contribution in [-0.4, -0.2) is 37.8 Å². The largest absolute Gasteiger partial charge is 0.480 e. The molecule has 0 spiro atoms. The van der Waals surface area contributed by atoms with E-state index in [1.54, 1.807) is 0 Å². The molecule has 0 aromatic carbocycles. The molecule has 0 saturated heterocycles. The van der Waals surface area contributed by atoms with Gasteiger partial charge in [0.25, 0.3) is 0 Å². The summed E-state index contributed by atoms with van der Waals surface area (Å²) in [5, 5.41) is 8.64. The number of rotatable bonds is 17. The molecule has 0 radical (unpaired) electrons. The number of sulfonamides is 1. The van der Waals surface area contributed by atoms with E-state index in [-0.39, 0.29) is 18.7 Å². The summed E-state index contributed by atoms with van der Waals surface area (Å²) in [6.45, 7) is 2.47. The van der Waals surface area contributed by atoms with Crippen molar-refractivity contribution in [3.8, 4) is 0 Å². The third-order valence-electron chi connectivity index (χ3n) is 4.10. The van der Waals surface area contributed by atoms with Crippen molar-refractivity contribution in [1.82, 2.24) is 4.72 Å². The minimum atomic E-state index is -3.25. The summed E-state index contributed by atoms with van der Waals surface area (Å²) in [5.74, 6) is -0.905. The standard InChI is InChI=1S/C17H36N2O4S/c1-2-3-4-5-6-7-8-9-10-11-15-24(22,23)19-14-12-13-16(18)17(20)21/h16,19H,2-15,18H2,1H3,(H,20,21)/t16-/m0/s1. The topological polar surface area (TPSA) is 109 Å². The van der Waals surface area contributed by atoms with Crippen molar-refractivity contribution in [1.29, 1.82) is 0 Å². The van der Waals surface area contributed by atoms with Crippen LogP contribution in [-0.2, 0) is 14.8 Å². The fraction of sp³-hybridized carbons (Fsp3) is 0.941. The first-order valence-corrected chi connectivity index (χ1v) is 11.0. The Kier molecular flexibility index (Phi) is 14.3. The summed E-state index contributed by atoms with van der Waals surface area (Å²) in [7, 11) is -3.25. The highest BCUT2D eigenvalue weighted by Gasteiger charge is 2.12. The van der Waals surface area contributed by atoms with Crippen LogP contribution in [0.1, 0.15) is 84.0 Å². The summed E-state index contributed by atoms with van der Waals surface area (Å²) in [6, 6.07) is -0.920. The third kappa shape index (κ3) is 14.9. The summed E-state index contributed by atoms with van der Waals surface area (Å²) in [4.78, 5) is 10.5. The second kappa shape index (κ2) is 14.7. The quantitative estimate of drug-likeness (QED) is 0.344. The Bertz CT molecular complexity index is 413. The number of nitrogens with one attached hydrogen (secondary N) is 1. The van der Waals surface area contributed by atoms with E-state index in [0.717, 1.165) is 12.8 Å². The van der Waals surface area contributed by atoms with Gasteiger partial charge in [-0.25, -0.2) is 13.1 Å². The SMILES string of the molecule is CCCCCCCCCCCCS(=O)(=O)NCCC[C@H](N)C(=O)O. The number of aliphatic carboxylic acids is 1. The van der Waals surface area contributed by atoms with E-state index in [1.807, 2.05) is 0 Å². The molecule has 0 unspecified atom stereocenters. The van der Waals surface area contributed by atoms with Gasteiger partial charge in [0.05, 0.1) is 5.75 Å². The van der Waals surface area contributed by atoms with Gasteiger partial charge < -0.3 is 10.8 Å². The van der Waals surface area contributed by atoms with Crippen LogP contribution in [0.5, 0.6) is 0 Å². The molecule has 0 aliphatic heterocycles. The van der Waals surface area contributed by atoms with Crippen LogP contribution in [0.15, 0.2) is 0 Å². The Balaban J connectivity index is 3.49. The Morgan fingerprint density at radius 2 is 1.46 bits per heavy atom. The van der Waals surface area contributed by atoms with E-state index >= 15 is 0 Å². The van der Waals surface area contributed by atoms with Gasteiger partial charge in [-0.1, -0.05) is 64.7 Å². The maximum Gasteiger partial charge on any atom is 0.320 e. The van der Waals surface area contributed by atoms with Crippen molar-refractivity contribution >= 4 is 16.0 Å². The predicted octanol–water partition coefficient (Wildman–Crippen LogP) is 3.02. The van der Waals surface area contributed by atoms with Crippen LogP contribution in [0.3, 0.4) is 0 Å². The number of carbonyl (C=O) groups is 1. The van der Waals surface area contributed by atoms with Gasteiger partial charge in [0.1, 0.15) is 6.04 Å². The first-order chi connectivity index (χ1) is 11.4. The smallest absolute Gasteiger partial charge is 0.320 e. The second-order valence-electron chi connectivity index (χ2n) is 6.48. The minimum Gasteiger partial charge on any atom is -0.480 e. The fourth-order valence-corrected chi connectivity index (χ4v) is 3.71. The number of hydrogen-bond acceptors (Lipinski definition) is 4. The van der Waals surface area contributed by atoms with Gasteiger partial charge in [-0.2, -0.15) is 0 Å². The average Bonchev–Trinajstić information content (AvgIpc) is 2.53. The molecule has 0 saturated carbocycles. The monoisotopic (exact) mass is 364 g/mol. The van der Waals surface area contributed by atoms with E-state index in [4.69, 9.17) is 10.8 Å². The maximum absolute atomic E-state index is 11.8. The zero-order valence-electron chi connectivity index (χ0n) is 15.1. The van der Waals surface area contributed by atoms with Crippen molar-refractivity contribution in [2.45, 2.75) is 90.0 Å². The molecule has 0 aromatic heterocycles. The van der Waals surface area contributed by atoms with E-state index < -0.39 is 22.0 Å². The van der Waals surface area contributed by atoms with Crippen LogP contribution in [0.4, 0.5) is 0 Å². The average molecular weight is 365 g/mol. The molecule has 0 bridgehead atoms. The lowest BCUT2D eigenvalue weighted by atomic mass is 10.1. The predicted molar refractivity (Wildman–Crippen MR) is 98.5 cm³/mol. The van der Waals surface area contributed by atoms with Gasteiger partial charge in [-0.05, 0) is 19.3 Å². The number of nitrogens with two attached hydrogens (primary N) is 1. The molecule has 0 aliphatic carbocycles. The van der Waals surface area contributed by atoms with Crippen molar-refractivity contribution < 1.29 is 18.3 Å². The first-order valence-electron chi connectivity index (χ1n) is 9.34. The van der Waals surface area contributed by atoms with Gasteiger partial charge in [-0.3, -0.25) is 4.79 Å². The molecule has 7 heteroatoms.